The quantitative estimate of drug-likeness (QED) is 0.605. The molecular formula is C6H3NO2. The SMILES string of the molecule is O=C(O)c1cnc2cc1-2. The van der Waals surface area contributed by atoms with E-state index in [2.05, 4.69) is 4.98 Å². The van der Waals surface area contributed by atoms with Gasteiger partial charge in [0.1, 0.15) is 0 Å². The number of carboxylic acid groups (broad SMARTS) is 1. The van der Waals surface area contributed by atoms with Crippen LogP contribution >= 0.6 is 0 Å². The molecule has 0 aromatic heterocycles. The summed E-state index contributed by atoms with van der Waals surface area (Å²) in [7, 11) is 0. The summed E-state index contributed by atoms with van der Waals surface area (Å²) in [6, 6.07) is 1.75. The Morgan fingerprint density at radius 3 is 2.67 bits per heavy atom. The van der Waals surface area contributed by atoms with Crippen molar-refractivity contribution in [1.82, 2.24) is 4.98 Å². The predicted octanol–water partition coefficient (Wildman–Crippen LogP) is 0.760. The second kappa shape index (κ2) is 1.13. The molecule has 0 fully saturated rings. The highest BCUT2D eigenvalue weighted by Gasteiger charge is 2.23. The Labute approximate surface area is 51.0 Å². The number of pyridine rings is 1. The fourth-order valence-electron chi connectivity index (χ4n) is 0.797. The Kier molecular flexibility index (Phi) is 0.563. The molecule has 1 aliphatic carbocycles. The van der Waals surface area contributed by atoms with E-state index in [9.17, 15) is 4.79 Å². The fourth-order valence-corrected chi connectivity index (χ4v) is 0.797. The summed E-state index contributed by atoms with van der Waals surface area (Å²) in [5, 5.41) is 8.43. The first-order chi connectivity index (χ1) is 4.29. The van der Waals surface area contributed by atoms with Crippen LogP contribution in [0.25, 0.3) is 11.3 Å². The van der Waals surface area contributed by atoms with Gasteiger partial charge in [-0.05, 0) is 6.07 Å². The zero-order chi connectivity index (χ0) is 6.43. The first-order valence-corrected chi connectivity index (χ1v) is 2.53. The number of aromatic nitrogens is 1. The zero-order valence-electron chi connectivity index (χ0n) is 4.46. The van der Waals surface area contributed by atoms with Crippen LogP contribution in [0.3, 0.4) is 0 Å². The molecule has 0 bridgehead atoms. The van der Waals surface area contributed by atoms with Crippen molar-refractivity contribution >= 4 is 5.97 Å². The van der Waals surface area contributed by atoms with E-state index < -0.39 is 5.97 Å². The van der Waals surface area contributed by atoms with Crippen molar-refractivity contribution in [3.8, 4) is 11.3 Å². The lowest BCUT2D eigenvalue weighted by Gasteiger charge is -1.80. The smallest absolute Gasteiger partial charge is 0.337 e. The first kappa shape index (κ1) is 4.49. The number of carboxylic acids is 1. The van der Waals surface area contributed by atoms with Gasteiger partial charge in [-0.3, -0.25) is 4.98 Å². The molecule has 2 rings (SSSR count). The lowest BCUT2D eigenvalue weighted by molar-refractivity contribution is 0.0698. The number of carbonyl (C=O) groups is 1. The van der Waals surface area contributed by atoms with Crippen LogP contribution in [-0.2, 0) is 0 Å². The predicted molar refractivity (Wildman–Crippen MR) is 30.2 cm³/mol. The summed E-state index contributed by atoms with van der Waals surface area (Å²) >= 11 is 0. The number of hydrogen-bond donors (Lipinski definition) is 1. The van der Waals surface area contributed by atoms with Crippen molar-refractivity contribution in [2.75, 3.05) is 0 Å². The van der Waals surface area contributed by atoms with Gasteiger partial charge in [0.25, 0.3) is 0 Å². The molecule has 2 aliphatic rings. The number of hydrogen-bond acceptors (Lipinski definition) is 2. The van der Waals surface area contributed by atoms with E-state index in [0.29, 0.717) is 5.56 Å². The van der Waals surface area contributed by atoms with Gasteiger partial charge in [0.05, 0.1) is 11.3 Å². The number of rotatable bonds is 1. The molecule has 0 atom stereocenters. The molecule has 0 unspecified atom stereocenters. The molecule has 0 saturated heterocycles. The Morgan fingerprint density at radius 2 is 2.44 bits per heavy atom. The van der Waals surface area contributed by atoms with Gasteiger partial charge in [-0.25, -0.2) is 4.79 Å². The molecule has 0 saturated carbocycles. The minimum atomic E-state index is -0.891. The van der Waals surface area contributed by atoms with E-state index in [1.165, 1.54) is 6.20 Å². The summed E-state index contributed by atoms with van der Waals surface area (Å²) in [6.45, 7) is 0. The number of fused-ring (bicyclic) bond motifs is 1. The third kappa shape index (κ3) is 0.455. The monoisotopic (exact) mass is 121 g/mol. The number of nitrogens with zero attached hydrogens (tertiary/aromatic N) is 1. The van der Waals surface area contributed by atoms with Crippen LogP contribution in [-0.4, -0.2) is 16.1 Å². The van der Waals surface area contributed by atoms with Crippen molar-refractivity contribution in [2.24, 2.45) is 0 Å². The van der Waals surface area contributed by atoms with Crippen LogP contribution in [0.5, 0.6) is 0 Å². The van der Waals surface area contributed by atoms with Crippen LogP contribution in [0.15, 0.2) is 12.3 Å². The number of aromatic carboxylic acids is 1. The molecule has 3 heteroatoms. The Morgan fingerprint density at radius 1 is 1.67 bits per heavy atom. The van der Waals surface area contributed by atoms with E-state index in [-0.39, 0.29) is 0 Å². The molecule has 1 aliphatic heterocycles. The minimum absolute atomic E-state index is 0.324. The van der Waals surface area contributed by atoms with Crippen molar-refractivity contribution in [2.45, 2.75) is 0 Å². The van der Waals surface area contributed by atoms with E-state index >= 15 is 0 Å². The van der Waals surface area contributed by atoms with Gasteiger partial charge in [0, 0.05) is 11.8 Å². The largest absolute Gasteiger partial charge is 0.478 e. The first-order valence-electron chi connectivity index (χ1n) is 2.53. The van der Waals surface area contributed by atoms with Gasteiger partial charge < -0.3 is 5.11 Å². The second-order valence-corrected chi connectivity index (χ2v) is 1.92. The molecule has 0 aromatic carbocycles. The van der Waals surface area contributed by atoms with Crippen molar-refractivity contribution in [3.63, 3.8) is 0 Å². The highest BCUT2D eigenvalue weighted by molar-refractivity contribution is 6.00. The van der Waals surface area contributed by atoms with Gasteiger partial charge in [0.2, 0.25) is 0 Å². The summed E-state index contributed by atoms with van der Waals surface area (Å²) in [5.41, 5.74) is 1.94. The Hall–Kier alpha value is -1.38. The van der Waals surface area contributed by atoms with Gasteiger partial charge in [-0.1, -0.05) is 0 Å². The van der Waals surface area contributed by atoms with Crippen molar-refractivity contribution < 1.29 is 9.90 Å². The topological polar surface area (TPSA) is 50.2 Å². The summed E-state index contributed by atoms with van der Waals surface area (Å²) in [4.78, 5) is 14.1. The lowest BCUT2D eigenvalue weighted by Crippen LogP contribution is -1.92. The fraction of sp³-hybridized carbons (Fsp3) is 0. The highest BCUT2D eigenvalue weighted by Crippen LogP contribution is 2.34. The minimum Gasteiger partial charge on any atom is -0.478 e. The molecule has 44 valence electrons. The molecular weight excluding hydrogens is 118 g/mol. The third-order valence-electron chi connectivity index (χ3n) is 1.33. The molecule has 0 spiro atoms. The third-order valence-corrected chi connectivity index (χ3v) is 1.33. The molecule has 0 aromatic rings. The van der Waals surface area contributed by atoms with E-state index in [1.54, 1.807) is 6.07 Å². The molecule has 1 heterocycles. The Balaban J connectivity index is 2.53. The van der Waals surface area contributed by atoms with Gasteiger partial charge in [-0.2, -0.15) is 0 Å². The summed E-state index contributed by atoms with van der Waals surface area (Å²) in [6.07, 6.45) is 1.38. The van der Waals surface area contributed by atoms with Crippen LogP contribution in [0, 0.1) is 0 Å². The van der Waals surface area contributed by atoms with Crippen molar-refractivity contribution in [1.29, 1.82) is 0 Å². The van der Waals surface area contributed by atoms with Gasteiger partial charge >= 0.3 is 5.97 Å². The normalized spacial score (nSPS) is 11.1. The van der Waals surface area contributed by atoms with Crippen LogP contribution in [0.1, 0.15) is 10.4 Å². The Bertz CT molecular complexity index is 293. The maximum atomic E-state index is 10.3. The molecule has 9 heavy (non-hydrogen) atoms. The van der Waals surface area contributed by atoms with Crippen LogP contribution < -0.4 is 0 Å². The van der Waals surface area contributed by atoms with Crippen molar-refractivity contribution in [3.05, 3.63) is 17.8 Å². The van der Waals surface area contributed by atoms with Gasteiger partial charge in [0.15, 0.2) is 0 Å². The highest BCUT2D eigenvalue weighted by atomic mass is 16.4. The van der Waals surface area contributed by atoms with E-state index in [0.717, 1.165) is 11.3 Å². The molecule has 0 amide bonds. The lowest BCUT2D eigenvalue weighted by atomic mass is 10.3. The summed E-state index contributed by atoms with van der Waals surface area (Å²) in [5.74, 6) is -0.891. The van der Waals surface area contributed by atoms with E-state index in [1.807, 2.05) is 0 Å². The maximum absolute atomic E-state index is 10.3. The zero-order valence-corrected chi connectivity index (χ0v) is 4.46. The van der Waals surface area contributed by atoms with Gasteiger partial charge in [-0.15, -0.1) is 0 Å². The maximum Gasteiger partial charge on any atom is 0.337 e. The summed E-state index contributed by atoms with van der Waals surface area (Å²) < 4.78 is 0. The van der Waals surface area contributed by atoms with Crippen LogP contribution in [0.4, 0.5) is 0 Å². The second-order valence-electron chi connectivity index (χ2n) is 1.92. The molecule has 1 N–H and O–H groups in total. The molecule has 3 nitrogen and oxygen atoms in total. The van der Waals surface area contributed by atoms with Crippen LogP contribution in [0.2, 0.25) is 0 Å². The molecule has 0 radical (unpaired) electrons. The average Bonchev–Trinajstić information content (AvgIpc) is 2.43. The van der Waals surface area contributed by atoms with E-state index in [4.69, 9.17) is 5.11 Å². The average molecular weight is 121 g/mol. The standard InChI is InChI=1S/C6H3NO2/c8-6(9)4-2-7-5-1-3(4)5/h1-2H,(H,8,9).